The number of rotatable bonds is 4. The normalized spacial score (nSPS) is 10.1. The monoisotopic (exact) mass is 265 g/mol. The van der Waals surface area contributed by atoms with Crippen LogP contribution in [0.1, 0.15) is 0 Å². The largest absolute Gasteiger partial charge is 0.493 e. The van der Waals surface area contributed by atoms with Crippen LogP contribution in [0.4, 0.5) is 5.00 Å². The fourth-order valence-electron chi connectivity index (χ4n) is 1.65. The SMILES string of the molecule is COc1cccc(-c2ccc([N+](=O)[O-])s2)c1OC. The average Bonchev–Trinajstić information content (AvgIpc) is 2.87. The van der Waals surface area contributed by atoms with Gasteiger partial charge in [0.2, 0.25) is 0 Å². The van der Waals surface area contributed by atoms with E-state index in [1.54, 1.807) is 26.4 Å². The van der Waals surface area contributed by atoms with Gasteiger partial charge in [-0.3, -0.25) is 10.1 Å². The summed E-state index contributed by atoms with van der Waals surface area (Å²) in [6, 6.07) is 8.64. The Morgan fingerprint density at radius 3 is 2.50 bits per heavy atom. The molecule has 0 bridgehead atoms. The van der Waals surface area contributed by atoms with E-state index in [0.717, 1.165) is 21.8 Å². The predicted molar refractivity (Wildman–Crippen MR) is 69.5 cm³/mol. The number of para-hydroxylation sites is 1. The van der Waals surface area contributed by atoms with Crippen LogP contribution in [0.25, 0.3) is 10.4 Å². The molecule has 94 valence electrons. The summed E-state index contributed by atoms with van der Waals surface area (Å²) in [5, 5.41) is 10.8. The van der Waals surface area contributed by atoms with Crippen LogP contribution in [0.5, 0.6) is 11.5 Å². The third kappa shape index (κ3) is 2.14. The van der Waals surface area contributed by atoms with E-state index >= 15 is 0 Å². The van der Waals surface area contributed by atoms with Crippen LogP contribution in [0.15, 0.2) is 30.3 Å². The van der Waals surface area contributed by atoms with Crippen molar-refractivity contribution >= 4 is 16.3 Å². The molecule has 0 aliphatic carbocycles. The minimum Gasteiger partial charge on any atom is -0.493 e. The lowest BCUT2D eigenvalue weighted by molar-refractivity contribution is -0.380. The Bertz CT molecular complexity index is 579. The van der Waals surface area contributed by atoms with Crippen molar-refractivity contribution < 1.29 is 14.4 Å². The minimum atomic E-state index is -0.402. The van der Waals surface area contributed by atoms with E-state index in [4.69, 9.17) is 9.47 Å². The van der Waals surface area contributed by atoms with Gasteiger partial charge in [-0.1, -0.05) is 17.4 Å². The summed E-state index contributed by atoms with van der Waals surface area (Å²) < 4.78 is 10.5. The van der Waals surface area contributed by atoms with Gasteiger partial charge in [0.1, 0.15) is 0 Å². The van der Waals surface area contributed by atoms with Crippen molar-refractivity contribution in [2.45, 2.75) is 0 Å². The van der Waals surface area contributed by atoms with Crippen molar-refractivity contribution in [3.63, 3.8) is 0 Å². The maximum atomic E-state index is 10.7. The molecule has 0 N–H and O–H groups in total. The van der Waals surface area contributed by atoms with Crippen LogP contribution in [-0.4, -0.2) is 19.1 Å². The first-order valence-electron chi connectivity index (χ1n) is 5.13. The average molecular weight is 265 g/mol. The zero-order valence-corrected chi connectivity index (χ0v) is 10.7. The number of thiophene rings is 1. The van der Waals surface area contributed by atoms with Crippen molar-refractivity contribution in [2.75, 3.05) is 14.2 Å². The van der Waals surface area contributed by atoms with Crippen molar-refractivity contribution in [3.8, 4) is 21.9 Å². The van der Waals surface area contributed by atoms with Gasteiger partial charge in [0, 0.05) is 16.5 Å². The molecule has 18 heavy (non-hydrogen) atoms. The molecule has 0 aliphatic heterocycles. The van der Waals surface area contributed by atoms with Gasteiger partial charge >= 0.3 is 5.00 Å². The molecule has 6 heteroatoms. The van der Waals surface area contributed by atoms with Crippen molar-refractivity contribution in [1.82, 2.24) is 0 Å². The summed E-state index contributed by atoms with van der Waals surface area (Å²) in [6.07, 6.45) is 0. The van der Waals surface area contributed by atoms with Gasteiger partial charge in [-0.2, -0.15) is 0 Å². The van der Waals surface area contributed by atoms with E-state index in [0.29, 0.717) is 11.5 Å². The van der Waals surface area contributed by atoms with E-state index in [1.165, 1.54) is 6.07 Å². The molecule has 1 aromatic carbocycles. The lowest BCUT2D eigenvalue weighted by Gasteiger charge is -2.10. The molecule has 0 atom stereocenters. The van der Waals surface area contributed by atoms with E-state index in [-0.39, 0.29) is 5.00 Å². The Morgan fingerprint density at radius 1 is 1.17 bits per heavy atom. The molecule has 0 unspecified atom stereocenters. The third-order valence-electron chi connectivity index (χ3n) is 2.44. The zero-order chi connectivity index (χ0) is 13.1. The van der Waals surface area contributed by atoms with Crippen molar-refractivity contribution in [1.29, 1.82) is 0 Å². The topological polar surface area (TPSA) is 61.6 Å². The second-order valence-corrected chi connectivity index (χ2v) is 4.50. The second kappa shape index (κ2) is 5.05. The molecule has 0 aliphatic rings. The summed E-state index contributed by atoms with van der Waals surface area (Å²) in [4.78, 5) is 11.1. The van der Waals surface area contributed by atoms with Crippen LogP contribution in [-0.2, 0) is 0 Å². The first kappa shape index (κ1) is 12.4. The fourth-order valence-corrected chi connectivity index (χ4v) is 2.49. The standard InChI is InChI=1S/C12H11NO4S/c1-16-9-5-3-4-8(12(9)17-2)10-6-7-11(18-10)13(14)15/h3-7H,1-2H3. The third-order valence-corrected chi connectivity index (χ3v) is 3.51. The summed E-state index contributed by atoms with van der Waals surface area (Å²) in [5.74, 6) is 1.18. The molecule has 1 heterocycles. The number of hydrogen-bond donors (Lipinski definition) is 0. The Labute approximate surface area is 108 Å². The van der Waals surface area contributed by atoms with Gasteiger partial charge in [-0.15, -0.1) is 0 Å². The summed E-state index contributed by atoms with van der Waals surface area (Å²) in [5.41, 5.74) is 0.787. The fraction of sp³-hybridized carbons (Fsp3) is 0.167. The molecule has 0 saturated heterocycles. The number of benzene rings is 1. The molecule has 2 rings (SSSR count). The highest BCUT2D eigenvalue weighted by Crippen LogP contribution is 2.42. The van der Waals surface area contributed by atoms with Gasteiger partial charge in [-0.05, 0) is 18.2 Å². The molecule has 0 amide bonds. The first-order chi connectivity index (χ1) is 8.67. The molecule has 5 nitrogen and oxygen atoms in total. The van der Waals surface area contributed by atoms with Crippen LogP contribution in [0, 0.1) is 10.1 Å². The lowest BCUT2D eigenvalue weighted by Crippen LogP contribution is -1.92. The van der Waals surface area contributed by atoms with Gasteiger partial charge in [0.25, 0.3) is 0 Å². The van der Waals surface area contributed by atoms with Crippen molar-refractivity contribution in [2.24, 2.45) is 0 Å². The van der Waals surface area contributed by atoms with Gasteiger partial charge in [0.05, 0.1) is 19.1 Å². The van der Waals surface area contributed by atoms with E-state index in [9.17, 15) is 10.1 Å². The highest BCUT2D eigenvalue weighted by Gasteiger charge is 2.16. The van der Waals surface area contributed by atoms with Crippen LogP contribution >= 0.6 is 11.3 Å². The van der Waals surface area contributed by atoms with Gasteiger partial charge in [-0.25, -0.2) is 0 Å². The van der Waals surface area contributed by atoms with Crippen LogP contribution < -0.4 is 9.47 Å². The van der Waals surface area contributed by atoms with Gasteiger partial charge < -0.3 is 9.47 Å². The molecular weight excluding hydrogens is 254 g/mol. The molecule has 2 aromatic rings. The number of nitro groups is 1. The molecule has 0 fully saturated rings. The Kier molecular flexibility index (Phi) is 3.47. The number of ether oxygens (including phenoxy) is 2. The molecule has 0 spiro atoms. The molecule has 1 aromatic heterocycles. The molecule has 0 radical (unpaired) electrons. The number of nitrogens with zero attached hydrogens (tertiary/aromatic N) is 1. The second-order valence-electron chi connectivity index (χ2n) is 3.44. The van der Waals surface area contributed by atoms with E-state index < -0.39 is 4.92 Å². The Balaban J connectivity index is 2.52. The highest BCUT2D eigenvalue weighted by molar-refractivity contribution is 7.18. The highest BCUT2D eigenvalue weighted by atomic mass is 32.1. The van der Waals surface area contributed by atoms with E-state index in [1.807, 2.05) is 12.1 Å². The summed E-state index contributed by atoms with van der Waals surface area (Å²) in [6.45, 7) is 0. The van der Waals surface area contributed by atoms with Gasteiger partial charge in [0.15, 0.2) is 11.5 Å². The maximum absolute atomic E-state index is 10.7. The number of methoxy groups -OCH3 is 2. The van der Waals surface area contributed by atoms with Crippen LogP contribution in [0.2, 0.25) is 0 Å². The summed E-state index contributed by atoms with van der Waals surface area (Å²) in [7, 11) is 3.10. The zero-order valence-electron chi connectivity index (χ0n) is 9.88. The Morgan fingerprint density at radius 2 is 1.94 bits per heavy atom. The van der Waals surface area contributed by atoms with Crippen LogP contribution in [0.3, 0.4) is 0 Å². The smallest absolute Gasteiger partial charge is 0.324 e. The minimum absolute atomic E-state index is 0.106. The van der Waals surface area contributed by atoms with E-state index in [2.05, 4.69) is 0 Å². The lowest BCUT2D eigenvalue weighted by atomic mass is 10.1. The quantitative estimate of drug-likeness (QED) is 0.628. The summed E-state index contributed by atoms with van der Waals surface area (Å²) >= 11 is 1.11. The first-order valence-corrected chi connectivity index (χ1v) is 5.94. The predicted octanol–water partition coefficient (Wildman–Crippen LogP) is 3.34. The van der Waals surface area contributed by atoms with Crippen molar-refractivity contribution in [3.05, 3.63) is 40.4 Å². The number of hydrogen-bond acceptors (Lipinski definition) is 5. The Hall–Kier alpha value is -2.08. The maximum Gasteiger partial charge on any atom is 0.324 e. The molecular formula is C12H11NO4S. The molecule has 0 saturated carbocycles.